The summed E-state index contributed by atoms with van der Waals surface area (Å²) in [6.07, 6.45) is 1.69. The molecule has 2 nitrogen and oxygen atoms in total. The van der Waals surface area contributed by atoms with Crippen LogP contribution in [-0.2, 0) is 6.42 Å². The fraction of sp³-hybridized carbons (Fsp3) is 0.250. The van der Waals surface area contributed by atoms with E-state index < -0.39 is 11.6 Å². The molecule has 0 spiro atoms. The Morgan fingerprint density at radius 3 is 2.52 bits per heavy atom. The Bertz CT molecular complexity index is 634. The molecular weight excluding hydrogens is 340 g/mol. The largest absolute Gasteiger partial charge is 0.456 e. The van der Waals surface area contributed by atoms with Crippen molar-refractivity contribution < 1.29 is 13.5 Å². The monoisotopic (exact) mass is 355 g/mol. The molecule has 0 heterocycles. The van der Waals surface area contributed by atoms with Crippen molar-refractivity contribution in [3.63, 3.8) is 0 Å². The van der Waals surface area contributed by atoms with Crippen molar-refractivity contribution in [1.82, 2.24) is 0 Å². The molecule has 21 heavy (non-hydrogen) atoms. The number of ether oxygens (including phenoxy) is 1. The second-order valence-electron chi connectivity index (χ2n) is 4.82. The second-order valence-corrected chi connectivity index (χ2v) is 5.67. The van der Waals surface area contributed by atoms with Crippen molar-refractivity contribution in [2.75, 3.05) is 0 Å². The molecular formula is C16H16BrF2NO. The first-order valence-corrected chi connectivity index (χ1v) is 7.45. The maximum atomic E-state index is 13.1. The summed E-state index contributed by atoms with van der Waals surface area (Å²) in [7, 11) is 0. The molecule has 0 aliphatic heterocycles. The third-order valence-electron chi connectivity index (χ3n) is 3.14. The molecule has 0 radical (unpaired) electrons. The number of rotatable bonds is 5. The number of benzene rings is 2. The van der Waals surface area contributed by atoms with Gasteiger partial charge in [-0.3, -0.25) is 0 Å². The molecule has 2 N–H and O–H groups in total. The van der Waals surface area contributed by atoms with E-state index in [1.54, 1.807) is 6.07 Å². The molecule has 112 valence electrons. The van der Waals surface area contributed by atoms with Crippen LogP contribution in [0.1, 0.15) is 18.9 Å². The quantitative estimate of drug-likeness (QED) is 0.835. The zero-order valence-corrected chi connectivity index (χ0v) is 13.2. The zero-order chi connectivity index (χ0) is 15.4. The van der Waals surface area contributed by atoms with Crippen LogP contribution in [0.3, 0.4) is 0 Å². The van der Waals surface area contributed by atoms with E-state index >= 15 is 0 Å². The Labute approximate surface area is 131 Å². The molecule has 0 aliphatic carbocycles. The molecule has 0 saturated heterocycles. The third-order valence-corrected chi connectivity index (χ3v) is 3.76. The predicted octanol–water partition coefficient (Wildman–Crippen LogP) is 4.80. The van der Waals surface area contributed by atoms with E-state index in [2.05, 4.69) is 15.9 Å². The Kier molecular flexibility index (Phi) is 5.31. The number of hydrogen-bond acceptors (Lipinski definition) is 2. The van der Waals surface area contributed by atoms with Gasteiger partial charge in [-0.15, -0.1) is 0 Å². The van der Waals surface area contributed by atoms with Gasteiger partial charge in [0.2, 0.25) is 0 Å². The van der Waals surface area contributed by atoms with Gasteiger partial charge in [-0.2, -0.15) is 0 Å². The van der Waals surface area contributed by atoms with Crippen molar-refractivity contribution in [1.29, 1.82) is 0 Å². The Morgan fingerprint density at radius 1 is 1.14 bits per heavy atom. The van der Waals surface area contributed by atoms with Crippen LogP contribution in [0.5, 0.6) is 11.5 Å². The minimum atomic E-state index is -0.936. The Balaban J connectivity index is 2.15. The highest BCUT2D eigenvalue weighted by Gasteiger charge is 2.09. The lowest BCUT2D eigenvalue weighted by Crippen LogP contribution is -2.21. The van der Waals surface area contributed by atoms with E-state index in [0.717, 1.165) is 35.0 Å². The van der Waals surface area contributed by atoms with Gasteiger partial charge in [0.05, 0.1) is 4.47 Å². The fourth-order valence-corrected chi connectivity index (χ4v) is 2.38. The topological polar surface area (TPSA) is 35.2 Å². The zero-order valence-electron chi connectivity index (χ0n) is 11.6. The molecule has 0 aliphatic rings. The smallest absolute Gasteiger partial charge is 0.162 e. The SMILES string of the molecule is CCC(N)Cc1ccc(Oc2ccc(F)c(F)c2)c(Br)c1. The lowest BCUT2D eigenvalue weighted by molar-refractivity contribution is 0.459. The van der Waals surface area contributed by atoms with E-state index in [0.29, 0.717) is 5.75 Å². The highest BCUT2D eigenvalue weighted by atomic mass is 79.9. The van der Waals surface area contributed by atoms with Crippen LogP contribution in [0, 0.1) is 11.6 Å². The van der Waals surface area contributed by atoms with Crippen LogP contribution >= 0.6 is 15.9 Å². The van der Waals surface area contributed by atoms with Gasteiger partial charge >= 0.3 is 0 Å². The van der Waals surface area contributed by atoms with E-state index in [1.807, 2.05) is 19.1 Å². The van der Waals surface area contributed by atoms with E-state index in [4.69, 9.17) is 10.5 Å². The Morgan fingerprint density at radius 2 is 1.90 bits per heavy atom. The minimum Gasteiger partial charge on any atom is -0.456 e. The lowest BCUT2D eigenvalue weighted by atomic mass is 10.0. The molecule has 0 aromatic heterocycles. The highest BCUT2D eigenvalue weighted by molar-refractivity contribution is 9.10. The van der Waals surface area contributed by atoms with Crippen LogP contribution in [0.4, 0.5) is 8.78 Å². The van der Waals surface area contributed by atoms with Gasteiger partial charge in [0, 0.05) is 12.1 Å². The van der Waals surface area contributed by atoms with Crippen LogP contribution < -0.4 is 10.5 Å². The number of nitrogens with two attached hydrogens (primary N) is 1. The summed E-state index contributed by atoms with van der Waals surface area (Å²) >= 11 is 3.42. The summed E-state index contributed by atoms with van der Waals surface area (Å²) in [5.74, 6) is -1.05. The van der Waals surface area contributed by atoms with E-state index in [9.17, 15) is 8.78 Å². The molecule has 0 amide bonds. The number of hydrogen-bond donors (Lipinski definition) is 1. The van der Waals surface area contributed by atoms with Gasteiger partial charge in [-0.05, 0) is 58.6 Å². The predicted molar refractivity (Wildman–Crippen MR) is 82.5 cm³/mol. The summed E-state index contributed by atoms with van der Waals surface area (Å²) in [4.78, 5) is 0. The summed E-state index contributed by atoms with van der Waals surface area (Å²) in [6, 6.07) is 9.17. The normalized spacial score (nSPS) is 12.2. The third kappa shape index (κ3) is 4.25. The maximum absolute atomic E-state index is 13.1. The minimum absolute atomic E-state index is 0.120. The molecule has 2 aromatic rings. The second kappa shape index (κ2) is 7.00. The molecule has 1 unspecified atom stereocenters. The molecule has 1 atom stereocenters. The fourth-order valence-electron chi connectivity index (χ4n) is 1.87. The van der Waals surface area contributed by atoms with Gasteiger partial charge in [-0.1, -0.05) is 13.0 Å². The lowest BCUT2D eigenvalue weighted by Gasteiger charge is -2.12. The van der Waals surface area contributed by atoms with Crippen molar-refractivity contribution in [3.8, 4) is 11.5 Å². The standard InChI is InChI=1S/C16H16BrF2NO/c1-2-11(20)7-10-3-6-16(13(17)8-10)21-12-4-5-14(18)15(19)9-12/h3-6,8-9,11H,2,7,20H2,1H3. The highest BCUT2D eigenvalue weighted by Crippen LogP contribution is 2.31. The first-order chi connectivity index (χ1) is 9.99. The summed E-state index contributed by atoms with van der Waals surface area (Å²) < 4.78 is 32.3. The van der Waals surface area contributed by atoms with Crippen LogP contribution in [0.2, 0.25) is 0 Å². The number of halogens is 3. The Hall–Kier alpha value is -1.46. The average molecular weight is 356 g/mol. The summed E-state index contributed by atoms with van der Waals surface area (Å²) in [5.41, 5.74) is 7.02. The summed E-state index contributed by atoms with van der Waals surface area (Å²) in [5, 5.41) is 0. The van der Waals surface area contributed by atoms with Gasteiger partial charge in [0.25, 0.3) is 0 Å². The molecule has 0 fully saturated rings. The molecule has 2 rings (SSSR count). The van der Waals surface area contributed by atoms with Gasteiger partial charge < -0.3 is 10.5 Å². The van der Waals surface area contributed by atoms with Gasteiger partial charge in [0.1, 0.15) is 11.5 Å². The first kappa shape index (κ1) is 15.9. The maximum Gasteiger partial charge on any atom is 0.162 e. The molecule has 0 saturated carbocycles. The van der Waals surface area contributed by atoms with Crippen LogP contribution in [0.15, 0.2) is 40.9 Å². The van der Waals surface area contributed by atoms with E-state index in [1.165, 1.54) is 6.07 Å². The first-order valence-electron chi connectivity index (χ1n) is 6.66. The van der Waals surface area contributed by atoms with Crippen molar-refractivity contribution in [3.05, 3.63) is 58.1 Å². The van der Waals surface area contributed by atoms with Crippen LogP contribution in [-0.4, -0.2) is 6.04 Å². The summed E-state index contributed by atoms with van der Waals surface area (Å²) in [6.45, 7) is 2.04. The van der Waals surface area contributed by atoms with Crippen molar-refractivity contribution >= 4 is 15.9 Å². The molecule has 0 bridgehead atoms. The molecule has 2 aromatic carbocycles. The molecule has 5 heteroatoms. The van der Waals surface area contributed by atoms with Crippen molar-refractivity contribution in [2.24, 2.45) is 5.73 Å². The van der Waals surface area contributed by atoms with Crippen molar-refractivity contribution in [2.45, 2.75) is 25.8 Å². The average Bonchev–Trinajstić information content (AvgIpc) is 2.45. The van der Waals surface area contributed by atoms with Gasteiger partial charge in [0.15, 0.2) is 11.6 Å². The van der Waals surface area contributed by atoms with Gasteiger partial charge in [-0.25, -0.2) is 8.78 Å². The van der Waals surface area contributed by atoms with Crippen LogP contribution in [0.25, 0.3) is 0 Å². The van der Waals surface area contributed by atoms with E-state index in [-0.39, 0.29) is 11.8 Å².